The van der Waals surface area contributed by atoms with E-state index < -0.39 is 0 Å². The zero-order valence-electron chi connectivity index (χ0n) is 11.8. The average molecular weight is 316 g/mol. The average Bonchev–Trinajstić information content (AvgIpc) is 3.00. The number of hydrogen-bond acceptors (Lipinski definition) is 6. The van der Waals surface area contributed by atoms with E-state index >= 15 is 0 Å². The molecule has 8 nitrogen and oxygen atoms in total. The Hall–Kier alpha value is -3.49. The van der Waals surface area contributed by atoms with Gasteiger partial charge in [-0.25, -0.2) is 4.39 Å². The number of nitrogens with zero attached hydrogens (tertiary/aromatic N) is 3. The highest BCUT2D eigenvalue weighted by Crippen LogP contribution is 2.23. The molecule has 2 rings (SSSR count). The third-order valence-corrected chi connectivity index (χ3v) is 2.65. The number of oxazole rings is 1. The van der Waals surface area contributed by atoms with E-state index in [0.717, 1.165) is 0 Å². The highest BCUT2D eigenvalue weighted by atomic mass is 19.1. The molecule has 0 amide bonds. The van der Waals surface area contributed by atoms with Crippen molar-refractivity contribution in [3.63, 3.8) is 0 Å². The van der Waals surface area contributed by atoms with Crippen molar-refractivity contribution in [2.75, 3.05) is 0 Å². The van der Waals surface area contributed by atoms with E-state index in [4.69, 9.17) is 26.5 Å². The van der Waals surface area contributed by atoms with Crippen LogP contribution in [0.2, 0.25) is 0 Å². The first-order valence-corrected chi connectivity index (χ1v) is 6.30. The molecule has 0 unspecified atom stereocenters. The summed E-state index contributed by atoms with van der Waals surface area (Å²) in [7, 11) is 0. The number of nitrogens with two attached hydrogens (primary N) is 2. The van der Waals surface area contributed by atoms with E-state index in [1.54, 1.807) is 12.1 Å². The molecule has 0 aliphatic rings. The molecule has 1 aromatic heterocycles. The third kappa shape index (κ3) is 4.24. The summed E-state index contributed by atoms with van der Waals surface area (Å²) < 4.78 is 18.2. The topological polar surface area (TPSA) is 147 Å². The molecule has 1 aromatic carbocycles. The maximum Gasteiger partial charge on any atom is 0.324 e. The van der Waals surface area contributed by atoms with Gasteiger partial charge in [-0.05, 0) is 36.4 Å². The number of aromatic nitrogens is 1. The SMILES string of the molecule is N=C(/C=C\C(N)=Nc1ncc(-c2ccc(F)cc2)o1)C(N)=NO. The molecule has 0 spiro atoms. The lowest BCUT2D eigenvalue weighted by molar-refractivity contribution is 0.319. The monoisotopic (exact) mass is 316 g/mol. The van der Waals surface area contributed by atoms with Gasteiger partial charge in [0.1, 0.15) is 11.7 Å². The minimum absolute atomic E-state index is 0.00167. The molecule has 2 aromatic rings. The van der Waals surface area contributed by atoms with E-state index in [9.17, 15) is 4.39 Å². The summed E-state index contributed by atoms with van der Waals surface area (Å²) in [5.41, 5.74) is 11.3. The first-order valence-electron chi connectivity index (χ1n) is 6.30. The number of benzene rings is 1. The van der Waals surface area contributed by atoms with Gasteiger partial charge in [0.05, 0.1) is 11.9 Å². The molecule has 23 heavy (non-hydrogen) atoms. The second-order valence-electron chi connectivity index (χ2n) is 4.28. The Morgan fingerprint density at radius 2 is 1.96 bits per heavy atom. The van der Waals surface area contributed by atoms with Gasteiger partial charge in [-0.15, -0.1) is 0 Å². The van der Waals surface area contributed by atoms with E-state index in [2.05, 4.69) is 15.1 Å². The largest absolute Gasteiger partial charge is 0.422 e. The van der Waals surface area contributed by atoms with Crippen molar-refractivity contribution >= 4 is 23.4 Å². The van der Waals surface area contributed by atoms with Crippen LogP contribution in [0.1, 0.15) is 0 Å². The van der Waals surface area contributed by atoms with E-state index in [-0.39, 0.29) is 29.2 Å². The lowest BCUT2D eigenvalue weighted by atomic mass is 10.2. The van der Waals surface area contributed by atoms with Crippen molar-refractivity contribution in [2.24, 2.45) is 21.6 Å². The Labute approximate surface area is 130 Å². The minimum atomic E-state index is -0.358. The molecule has 0 saturated heterocycles. The van der Waals surface area contributed by atoms with Gasteiger partial charge in [-0.1, -0.05) is 5.16 Å². The van der Waals surface area contributed by atoms with Crippen LogP contribution in [0, 0.1) is 11.2 Å². The maximum absolute atomic E-state index is 12.9. The summed E-state index contributed by atoms with van der Waals surface area (Å²) in [6, 6.07) is 5.70. The first-order chi connectivity index (χ1) is 11.0. The molecule has 6 N–H and O–H groups in total. The Balaban J connectivity index is 2.12. The highest BCUT2D eigenvalue weighted by molar-refractivity contribution is 6.44. The molecule has 0 atom stereocenters. The molecule has 0 fully saturated rings. The summed E-state index contributed by atoms with van der Waals surface area (Å²) in [6.45, 7) is 0. The number of amidine groups is 2. The lowest BCUT2D eigenvalue weighted by Gasteiger charge is -1.95. The summed E-state index contributed by atoms with van der Waals surface area (Å²) in [5.74, 6) is -0.296. The van der Waals surface area contributed by atoms with Gasteiger partial charge in [-0.2, -0.15) is 9.98 Å². The Morgan fingerprint density at radius 1 is 1.26 bits per heavy atom. The minimum Gasteiger partial charge on any atom is -0.422 e. The molecular weight excluding hydrogens is 303 g/mol. The fourth-order valence-electron chi connectivity index (χ4n) is 1.52. The molecule has 1 heterocycles. The fourth-order valence-corrected chi connectivity index (χ4v) is 1.52. The molecule has 0 bridgehead atoms. The molecule has 0 radical (unpaired) electrons. The van der Waals surface area contributed by atoms with Gasteiger partial charge >= 0.3 is 6.01 Å². The van der Waals surface area contributed by atoms with Crippen LogP contribution < -0.4 is 11.5 Å². The quantitative estimate of drug-likeness (QED) is 0.287. The summed E-state index contributed by atoms with van der Waals surface area (Å²) >= 11 is 0. The van der Waals surface area contributed by atoms with Crippen molar-refractivity contribution in [2.45, 2.75) is 0 Å². The summed E-state index contributed by atoms with van der Waals surface area (Å²) in [5, 5.41) is 18.5. The van der Waals surface area contributed by atoms with Crippen LogP contribution >= 0.6 is 0 Å². The van der Waals surface area contributed by atoms with Gasteiger partial charge in [0.15, 0.2) is 11.6 Å². The molecular formula is C14H13FN6O2. The number of halogens is 1. The second-order valence-corrected chi connectivity index (χ2v) is 4.28. The van der Waals surface area contributed by atoms with Gasteiger partial charge in [0.25, 0.3) is 0 Å². The van der Waals surface area contributed by atoms with E-state index in [1.165, 1.54) is 30.5 Å². The smallest absolute Gasteiger partial charge is 0.324 e. The van der Waals surface area contributed by atoms with E-state index in [0.29, 0.717) is 11.3 Å². The third-order valence-electron chi connectivity index (χ3n) is 2.65. The Kier molecular flexibility index (Phi) is 4.82. The first kappa shape index (κ1) is 15.9. The lowest BCUT2D eigenvalue weighted by Crippen LogP contribution is -2.21. The number of rotatable bonds is 5. The summed E-state index contributed by atoms with van der Waals surface area (Å²) in [6.07, 6.45) is 3.92. The van der Waals surface area contributed by atoms with Gasteiger partial charge in [0.2, 0.25) is 0 Å². The number of aliphatic imine (C=N–C) groups is 1. The standard InChI is InChI=1S/C14H13FN6O2/c15-9-3-1-8(2-4-9)11-7-19-14(23-11)20-12(17)6-5-10(16)13(18)21-22/h1-7,16,22H,(H2,18,21)(H2,17,19,20)/b6-5-,16-10?. The van der Waals surface area contributed by atoms with Gasteiger partial charge in [-0.3, -0.25) is 5.41 Å². The van der Waals surface area contributed by atoms with Crippen molar-refractivity contribution < 1.29 is 14.0 Å². The van der Waals surface area contributed by atoms with Crippen LogP contribution in [0.3, 0.4) is 0 Å². The number of oxime groups is 1. The van der Waals surface area contributed by atoms with Crippen LogP contribution in [0.5, 0.6) is 0 Å². The molecule has 0 aliphatic carbocycles. The summed E-state index contributed by atoms with van der Waals surface area (Å²) in [4.78, 5) is 7.83. The second kappa shape index (κ2) is 6.98. The normalized spacial score (nSPS) is 12.7. The number of nitrogens with one attached hydrogen (secondary N) is 1. The molecule has 0 aliphatic heterocycles. The molecule has 9 heteroatoms. The zero-order chi connectivity index (χ0) is 16.8. The van der Waals surface area contributed by atoms with Gasteiger partial charge in [0, 0.05) is 5.56 Å². The van der Waals surface area contributed by atoms with Crippen LogP contribution in [-0.4, -0.2) is 27.6 Å². The van der Waals surface area contributed by atoms with Crippen molar-refractivity contribution in [3.8, 4) is 11.3 Å². The zero-order valence-corrected chi connectivity index (χ0v) is 11.8. The van der Waals surface area contributed by atoms with Crippen LogP contribution in [0.25, 0.3) is 11.3 Å². The Bertz CT molecular complexity index is 792. The van der Waals surface area contributed by atoms with Crippen LogP contribution in [0.4, 0.5) is 10.4 Å². The van der Waals surface area contributed by atoms with Crippen molar-refractivity contribution in [1.29, 1.82) is 5.41 Å². The van der Waals surface area contributed by atoms with Gasteiger partial charge < -0.3 is 21.1 Å². The predicted octanol–water partition coefficient (Wildman–Crippen LogP) is 1.79. The Morgan fingerprint density at radius 3 is 2.61 bits per heavy atom. The van der Waals surface area contributed by atoms with Crippen molar-refractivity contribution in [1.82, 2.24) is 4.98 Å². The van der Waals surface area contributed by atoms with Crippen LogP contribution in [-0.2, 0) is 0 Å². The van der Waals surface area contributed by atoms with Crippen molar-refractivity contribution in [3.05, 3.63) is 48.4 Å². The highest BCUT2D eigenvalue weighted by Gasteiger charge is 2.06. The van der Waals surface area contributed by atoms with Crippen LogP contribution in [0.15, 0.2) is 57.2 Å². The fraction of sp³-hybridized carbons (Fsp3) is 0. The maximum atomic E-state index is 12.9. The number of hydrogen-bond donors (Lipinski definition) is 4. The molecule has 118 valence electrons. The molecule has 0 saturated carbocycles. The predicted molar refractivity (Wildman–Crippen MR) is 83.5 cm³/mol. The van der Waals surface area contributed by atoms with E-state index in [1.807, 2.05) is 0 Å².